The third kappa shape index (κ3) is 3.51. The molecule has 7 heteroatoms. The lowest BCUT2D eigenvalue weighted by atomic mass is 10.0. The Morgan fingerprint density at radius 3 is 2.58 bits per heavy atom. The van der Waals surface area contributed by atoms with Crippen LogP contribution in [0.15, 0.2) is 59.1 Å². The number of benzene rings is 3. The summed E-state index contributed by atoms with van der Waals surface area (Å²) in [7, 11) is 1.46. The third-order valence-corrected chi connectivity index (χ3v) is 8.32. The van der Waals surface area contributed by atoms with E-state index in [1.54, 1.807) is 11.0 Å². The van der Waals surface area contributed by atoms with Crippen LogP contribution in [-0.2, 0) is 0 Å². The minimum Gasteiger partial charge on any atom is -0.331 e. The number of hydrogen-bond donors (Lipinski definition) is 0. The molecule has 4 aromatic rings. The van der Waals surface area contributed by atoms with Gasteiger partial charge in [0.2, 0.25) is 0 Å². The zero-order valence-corrected chi connectivity index (χ0v) is 21.4. The van der Waals surface area contributed by atoms with Gasteiger partial charge in [0.15, 0.2) is 0 Å². The lowest BCUT2D eigenvalue weighted by Gasteiger charge is -2.24. The highest BCUT2D eigenvalue weighted by Crippen LogP contribution is 2.39. The lowest BCUT2D eigenvalue weighted by Crippen LogP contribution is -2.30. The summed E-state index contributed by atoms with van der Waals surface area (Å²) in [5.41, 5.74) is 4.42. The molecule has 3 aromatic carbocycles. The van der Waals surface area contributed by atoms with Crippen molar-refractivity contribution in [1.82, 2.24) is 14.5 Å². The van der Waals surface area contributed by atoms with E-state index in [1.807, 2.05) is 55.6 Å². The molecule has 0 saturated heterocycles. The summed E-state index contributed by atoms with van der Waals surface area (Å²) in [4.78, 5) is 20.0. The van der Waals surface area contributed by atoms with Crippen LogP contribution < -0.4 is 5.30 Å². The van der Waals surface area contributed by atoms with Crippen molar-refractivity contribution in [1.29, 1.82) is 0 Å². The molecule has 5 rings (SSSR count). The summed E-state index contributed by atoms with van der Waals surface area (Å²) in [6.45, 7) is 6.30. The highest BCUT2D eigenvalue weighted by molar-refractivity contribution is 9.10. The second-order valence-electron chi connectivity index (χ2n) is 8.54. The molecule has 2 heterocycles. The summed E-state index contributed by atoms with van der Waals surface area (Å²) in [6.07, 6.45) is 0.733. The number of carbonyl (C=O) groups excluding carboxylic acids is 1. The molecule has 1 amide bonds. The Morgan fingerprint density at radius 1 is 1.09 bits per heavy atom. The van der Waals surface area contributed by atoms with Crippen molar-refractivity contribution in [2.45, 2.75) is 19.4 Å². The van der Waals surface area contributed by atoms with Crippen LogP contribution in [-0.4, -0.2) is 40.7 Å². The highest BCUT2D eigenvalue weighted by Gasteiger charge is 2.34. The number of imidazole rings is 1. The zero-order chi connectivity index (χ0) is 23.4. The number of nitrogens with zero attached hydrogens (tertiary/aromatic N) is 3. The molecule has 4 nitrogen and oxygen atoms in total. The number of para-hydroxylation sites is 1. The first-order valence-electron chi connectivity index (χ1n) is 10.9. The van der Waals surface area contributed by atoms with E-state index in [-0.39, 0.29) is 25.7 Å². The van der Waals surface area contributed by atoms with Gasteiger partial charge < -0.3 is 4.90 Å². The van der Waals surface area contributed by atoms with Crippen LogP contribution in [0.25, 0.3) is 27.8 Å². The van der Waals surface area contributed by atoms with Crippen molar-refractivity contribution < 1.29 is 9.18 Å². The molecule has 1 aromatic heterocycles. The van der Waals surface area contributed by atoms with Crippen molar-refractivity contribution in [2.24, 2.45) is 0 Å². The Hall–Kier alpha value is -2.56. The first-order chi connectivity index (χ1) is 15.8. The Balaban J connectivity index is 1.80. The van der Waals surface area contributed by atoms with Gasteiger partial charge in [-0.2, -0.15) is 0 Å². The summed E-state index contributed by atoms with van der Waals surface area (Å²) in [5.74, 6) is 0.552. The van der Waals surface area contributed by atoms with Gasteiger partial charge in [-0.25, -0.2) is 9.37 Å². The van der Waals surface area contributed by atoms with E-state index < -0.39 is 0 Å². The smallest absolute Gasteiger partial charge is 0.256 e. The van der Waals surface area contributed by atoms with E-state index in [0.29, 0.717) is 11.1 Å². The van der Waals surface area contributed by atoms with Gasteiger partial charge in [0, 0.05) is 17.1 Å². The predicted octanol–water partition coefficient (Wildman–Crippen LogP) is 6.50. The maximum absolute atomic E-state index is 15.1. The van der Waals surface area contributed by atoms with Crippen molar-refractivity contribution >= 4 is 46.1 Å². The van der Waals surface area contributed by atoms with Gasteiger partial charge in [0.05, 0.1) is 28.3 Å². The normalized spacial score (nSPS) is 15.7. The number of amides is 1. The maximum atomic E-state index is 15.1. The molecule has 0 bridgehead atoms. The molecule has 0 saturated carbocycles. The minimum absolute atomic E-state index is 0.0368. The average Bonchev–Trinajstić information content (AvgIpc) is 3.12. The number of rotatable bonds is 3. The molecule has 0 radical (unpaired) electrons. The van der Waals surface area contributed by atoms with Crippen molar-refractivity contribution in [3.8, 4) is 16.8 Å². The maximum Gasteiger partial charge on any atom is 0.256 e. The summed E-state index contributed by atoms with van der Waals surface area (Å²) < 4.78 is 18.0. The topological polar surface area (TPSA) is 38.1 Å². The summed E-state index contributed by atoms with van der Waals surface area (Å²) >= 11 is 3.67. The van der Waals surface area contributed by atoms with Crippen LogP contribution in [0.2, 0.25) is 0 Å². The number of carbonyl (C=O) groups is 1. The van der Waals surface area contributed by atoms with Gasteiger partial charge in [-0.3, -0.25) is 9.36 Å². The zero-order valence-electron chi connectivity index (χ0n) is 18.9. The predicted molar refractivity (Wildman–Crippen MR) is 138 cm³/mol. The van der Waals surface area contributed by atoms with Gasteiger partial charge in [-0.15, -0.1) is 0 Å². The van der Waals surface area contributed by atoms with Crippen LogP contribution in [0.1, 0.15) is 35.6 Å². The Kier molecular flexibility index (Phi) is 5.62. The fraction of sp³-hybridized carbons (Fsp3) is 0.231. The molecule has 0 aliphatic carbocycles. The molecule has 0 spiro atoms. The minimum atomic E-state index is -0.368. The van der Waals surface area contributed by atoms with E-state index in [1.165, 1.54) is 0 Å². The van der Waals surface area contributed by atoms with E-state index >= 15 is 4.39 Å². The molecular formula is C26H24BrFN3OP. The summed E-state index contributed by atoms with van der Waals surface area (Å²) in [5, 5.41) is 1.04. The number of aromatic nitrogens is 2. The van der Waals surface area contributed by atoms with Crippen LogP contribution >= 0.6 is 23.9 Å². The monoisotopic (exact) mass is 523 g/mol. The second kappa shape index (κ2) is 8.34. The lowest BCUT2D eigenvalue weighted by molar-refractivity contribution is 0.0726. The Bertz CT molecular complexity index is 1410. The van der Waals surface area contributed by atoms with E-state index in [4.69, 9.17) is 4.98 Å². The van der Waals surface area contributed by atoms with Crippen molar-refractivity contribution in [3.63, 3.8) is 0 Å². The van der Waals surface area contributed by atoms with E-state index in [9.17, 15) is 4.79 Å². The molecule has 1 aliphatic rings. The fourth-order valence-corrected chi connectivity index (χ4v) is 5.90. The third-order valence-electron chi connectivity index (χ3n) is 6.37. The molecule has 1 aliphatic heterocycles. The quantitative estimate of drug-likeness (QED) is 0.287. The first kappa shape index (κ1) is 22.2. The van der Waals surface area contributed by atoms with Gasteiger partial charge in [0.25, 0.3) is 5.91 Å². The molecular weight excluding hydrogens is 500 g/mol. The van der Waals surface area contributed by atoms with Crippen LogP contribution in [0.3, 0.4) is 0 Å². The molecule has 0 N–H and O–H groups in total. The molecule has 1 unspecified atom stereocenters. The second-order valence-corrected chi connectivity index (χ2v) is 11.7. The highest BCUT2D eigenvalue weighted by atomic mass is 79.9. The van der Waals surface area contributed by atoms with E-state index in [2.05, 4.69) is 40.8 Å². The van der Waals surface area contributed by atoms with Gasteiger partial charge >= 0.3 is 0 Å². The van der Waals surface area contributed by atoms with Gasteiger partial charge in [-0.1, -0.05) is 39.1 Å². The SMILES string of the molecule is CCC1c2nc3ccc(-c4ccc(P(C)C)cc4F)cc3n2-c2c(Br)cccc2C(=O)N1C. The standard InChI is InChI=1S/C26H24BrFN3OP/c1-5-22-25-29-21-12-9-15(17-11-10-16(33(3)4)14-20(17)28)13-23(21)31(25)24-18(26(32)30(22)2)7-6-8-19(24)27/h6-14,22H,5H2,1-4H3. The molecule has 0 fully saturated rings. The number of fused-ring (bicyclic) bond motifs is 5. The molecule has 1 atom stereocenters. The van der Waals surface area contributed by atoms with Gasteiger partial charge in [0.1, 0.15) is 11.6 Å². The molecule has 33 heavy (non-hydrogen) atoms. The Labute approximate surface area is 202 Å². The van der Waals surface area contributed by atoms with Crippen molar-refractivity contribution in [3.05, 3.63) is 76.3 Å². The molecule has 168 valence electrons. The van der Waals surface area contributed by atoms with Gasteiger partial charge in [-0.05, 0) is 76.9 Å². The van der Waals surface area contributed by atoms with E-state index in [0.717, 1.165) is 44.3 Å². The van der Waals surface area contributed by atoms with Crippen molar-refractivity contribution in [2.75, 3.05) is 20.4 Å². The number of halogens is 2. The largest absolute Gasteiger partial charge is 0.331 e. The Morgan fingerprint density at radius 2 is 1.88 bits per heavy atom. The van der Waals surface area contributed by atoms with Crippen LogP contribution in [0, 0.1) is 5.82 Å². The number of hydrogen-bond acceptors (Lipinski definition) is 2. The first-order valence-corrected chi connectivity index (χ1v) is 13.9. The van der Waals surface area contributed by atoms with Crippen LogP contribution in [0.5, 0.6) is 0 Å². The summed E-state index contributed by atoms with van der Waals surface area (Å²) in [6, 6.07) is 16.9. The average molecular weight is 524 g/mol. The fourth-order valence-electron chi connectivity index (χ4n) is 4.61. The van der Waals surface area contributed by atoms with Crippen LogP contribution in [0.4, 0.5) is 4.39 Å².